The molecule has 0 radical (unpaired) electrons. The molecule has 3 aromatic carbocycles. The highest BCUT2D eigenvalue weighted by Crippen LogP contribution is 2.36. The Morgan fingerprint density at radius 2 is 1.64 bits per heavy atom. The number of aromatic hydroxyl groups is 1. The van der Waals surface area contributed by atoms with Crippen molar-refractivity contribution in [3.8, 4) is 34.1 Å². The Hall–Kier alpha value is -3.38. The van der Waals surface area contributed by atoms with Crippen LogP contribution in [0.25, 0.3) is 11.1 Å². The van der Waals surface area contributed by atoms with Crippen LogP contribution in [0.1, 0.15) is 12.5 Å². The molecule has 3 aromatic rings. The van der Waals surface area contributed by atoms with Crippen molar-refractivity contribution in [3.63, 3.8) is 0 Å². The Balaban J connectivity index is 1.48. The average molecular weight is 449 g/mol. The molecule has 0 unspecified atom stereocenters. The molecule has 0 amide bonds. The number of phenols is 1. The van der Waals surface area contributed by atoms with Gasteiger partial charge in [-0.25, -0.2) is 0 Å². The number of hydrogen-bond donors (Lipinski definition) is 1. The largest absolute Gasteiger partial charge is 0.508 e. The van der Waals surface area contributed by atoms with Crippen molar-refractivity contribution in [3.05, 3.63) is 66.2 Å². The molecule has 0 atom stereocenters. The molecular weight excluding hydrogens is 416 g/mol. The summed E-state index contributed by atoms with van der Waals surface area (Å²) in [6.07, 6.45) is 0. The predicted octanol–water partition coefficient (Wildman–Crippen LogP) is 4.80. The van der Waals surface area contributed by atoms with E-state index >= 15 is 0 Å². The van der Waals surface area contributed by atoms with Crippen LogP contribution in [0.2, 0.25) is 0 Å². The lowest BCUT2D eigenvalue weighted by Gasteiger charge is -2.36. The van der Waals surface area contributed by atoms with E-state index in [1.54, 1.807) is 20.3 Å². The lowest BCUT2D eigenvalue weighted by molar-refractivity contribution is 0.245. The molecule has 0 aliphatic carbocycles. The molecule has 1 fully saturated rings. The number of piperazine rings is 1. The van der Waals surface area contributed by atoms with Gasteiger partial charge in [-0.3, -0.25) is 4.90 Å². The molecule has 6 nitrogen and oxygen atoms in total. The summed E-state index contributed by atoms with van der Waals surface area (Å²) in [6.45, 7) is 7.00. The van der Waals surface area contributed by atoms with Crippen LogP contribution in [0.4, 0.5) is 5.69 Å². The zero-order valence-corrected chi connectivity index (χ0v) is 19.6. The smallest absolute Gasteiger partial charge is 0.142 e. The van der Waals surface area contributed by atoms with Gasteiger partial charge in [0.05, 0.1) is 26.5 Å². The topological polar surface area (TPSA) is 54.4 Å². The summed E-state index contributed by atoms with van der Waals surface area (Å²) < 4.78 is 16.8. The van der Waals surface area contributed by atoms with Crippen LogP contribution in [0, 0.1) is 0 Å². The third kappa shape index (κ3) is 5.17. The van der Waals surface area contributed by atoms with Gasteiger partial charge in [-0.05, 0) is 55.0 Å². The number of benzene rings is 3. The Labute approximate surface area is 195 Å². The van der Waals surface area contributed by atoms with Gasteiger partial charge in [0.2, 0.25) is 0 Å². The summed E-state index contributed by atoms with van der Waals surface area (Å²) in [4.78, 5) is 4.75. The predicted molar refractivity (Wildman–Crippen MR) is 132 cm³/mol. The molecule has 0 aromatic heterocycles. The summed E-state index contributed by atoms with van der Waals surface area (Å²) >= 11 is 0. The van der Waals surface area contributed by atoms with Crippen molar-refractivity contribution in [2.75, 3.05) is 51.9 Å². The van der Waals surface area contributed by atoms with E-state index in [4.69, 9.17) is 14.2 Å². The highest BCUT2D eigenvalue weighted by Gasteiger charge is 2.21. The molecule has 1 heterocycles. The SMILES string of the molecule is CCOc1ccccc1N1CCN(Cc2cc(-c3cc(OC)ccc3OC)ccc2O)CC1. The second kappa shape index (κ2) is 10.5. The second-order valence-electron chi connectivity index (χ2n) is 8.07. The molecule has 1 saturated heterocycles. The van der Waals surface area contributed by atoms with Gasteiger partial charge in [0.15, 0.2) is 0 Å². The molecule has 1 aliphatic heterocycles. The first-order valence-corrected chi connectivity index (χ1v) is 11.4. The maximum Gasteiger partial charge on any atom is 0.142 e. The van der Waals surface area contributed by atoms with Crippen LogP contribution < -0.4 is 19.1 Å². The van der Waals surface area contributed by atoms with E-state index in [1.807, 2.05) is 49.4 Å². The van der Waals surface area contributed by atoms with E-state index in [2.05, 4.69) is 21.9 Å². The molecule has 6 heteroatoms. The average Bonchev–Trinajstić information content (AvgIpc) is 2.86. The van der Waals surface area contributed by atoms with Crippen molar-refractivity contribution in [1.82, 2.24) is 4.90 Å². The maximum atomic E-state index is 10.6. The van der Waals surface area contributed by atoms with Crippen molar-refractivity contribution < 1.29 is 19.3 Å². The van der Waals surface area contributed by atoms with Crippen LogP contribution >= 0.6 is 0 Å². The molecule has 1 N–H and O–H groups in total. The number of ether oxygens (including phenoxy) is 3. The van der Waals surface area contributed by atoms with Crippen molar-refractivity contribution >= 4 is 5.69 Å². The van der Waals surface area contributed by atoms with Gasteiger partial charge in [0, 0.05) is 43.9 Å². The fourth-order valence-corrected chi connectivity index (χ4v) is 4.30. The molecule has 0 bridgehead atoms. The van der Waals surface area contributed by atoms with Crippen LogP contribution in [-0.4, -0.2) is 57.0 Å². The zero-order valence-electron chi connectivity index (χ0n) is 19.6. The fraction of sp³-hybridized carbons (Fsp3) is 0.333. The molecule has 174 valence electrons. The van der Waals surface area contributed by atoms with Gasteiger partial charge >= 0.3 is 0 Å². The third-order valence-electron chi connectivity index (χ3n) is 6.07. The Morgan fingerprint density at radius 3 is 2.36 bits per heavy atom. The van der Waals surface area contributed by atoms with E-state index < -0.39 is 0 Å². The van der Waals surface area contributed by atoms with E-state index in [0.717, 1.165) is 65.8 Å². The number of rotatable bonds is 8. The Kier molecular flexibility index (Phi) is 7.25. The van der Waals surface area contributed by atoms with Crippen molar-refractivity contribution in [2.45, 2.75) is 13.5 Å². The van der Waals surface area contributed by atoms with Gasteiger partial charge in [-0.1, -0.05) is 18.2 Å². The lowest BCUT2D eigenvalue weighted by Crippen LogP contribution is -2.46. The standard InChI is InChI=1S/C27H32N2O4/c1-4-33-27-8-6-5-7-24(27)29-15-13-28(14-16-29)19-21-17-20(9-11-25(21)30)23-18-22(31-2)10-12-26(23)32-3/h5-12,17-18,30H,4,13-16,19H2,1-3H3. The van der Waals surface area contributed by atoms with E-state index in [9.17, 15) is 5.11 Å². The summed E-state index contributed by atoms with van der Waals surface area (Å²) in [5.41, 5.74) is 3.98. The summed E-state index contributed by atoms with van der Waals surface area (Å²) in [7, 11) is 3.32. The number of phenolic OH excluding ortho intramolecular Hbond substituents is 1. The first-order valence-electron chi connectivity index (χ1n) is 11.4. The quantitative estimate of drug-likeness (QED) is 0.534. The number of methoxy groups -OCH3 is 2. The Morgan fingerprint density at radius 1 is 0.848 bits per heavy atom. The van der Waals surface area contributed by atoms with E-state index in [1.165, 1.54) is 0 Å². The first kappa shape index (κ1) is 22.8. The molecule has 4 rings (SSSR count). The molecule has 0 spiro atoms. The van der Waals surface area contributed by atoms with E-state index in [-0.39, 0.29) is 0 Å². The van der Waals surface area contributed by atoms with Gasteiger partial charge in [0.1, 0.15) is 23.0 Å². The van der Waals surface area contributed by atoms with Crippen LogP contribution in [0.5, 0.6) is 23.0 Å². The van der Waals surface area contributed by atoms with Gasteiger partial charge in [0.25, 0.3) is 0 Å². The maximum absolute atomic E-state index is 10.6. The monoisotopic (exact) mass is 448 g/mol. The summed E-state index contributed by atoms with van der Waals surface area (Å²) in [5.74, 6) is 2.79. The van der Waals surface area contributed by atoms with Crippen molar-refractivity contribution in [1.29, 1.82) is 0 Å². The minimum Gasteiger partial charge on any atom is -0.508 e. The second-order valence-corrected chi connectivity index (χ2v) is 8.07. The van der Waals surface area contributed by atoms with Crippen LogP contribution in [0.3, 0.4) is 0 Å². The van der Waals surface area contributed by atoms with Gasteiger partial charge in [-0.2, -0.15) is 0 Å². The zero-order chi connectivity index (χ0) is 23.2. The first-order chi connectivity index (χ1) is 16.1. The number of anilines is 1. The van der Waals surface area contributed by atoms with Crippen molar-refractivity contribution in [2.24, 2.45) is 0 Å². The minimum absolute atomic E-state index is 0.310. The number of nitrogens with zero attached hydrogens (tertiary/aromatic N) is 2. The number of hydrogen-bond acceptors (Lipinski definition) is 6. The normalized spacial score (nSPS) is 14.2. The highest BCUT2D eigenvalue weighted by molar-refractivity contribution is 5.73. The summed E-state index contributed by atoms with van der Waals surface area (Å²) in [5, 5.41) is 10.6. The van der Waals surface area contributed by atoms with Gasteiger partial charge in [-0.15, -0.1) is 0 Å². The third-order valence-corrected chi connectivity index (χ3v) is 6.07. The molecule has 33 heavy (non-hydrogen) atoms. The Bertz CT molecular complexity index is 1080. The fourth-order valence-electron chi connectivity index (χ4n) is 4.30. The molecule has 0 saturated carbocycles. The lowest BCUT2D eigenvalue weighted by atomic mass is 10.0. The molecule has 1 aliphatic rings. The van der Waals surface area contributed by atoms with E-state index in [0.29, 0.717) is 18.9 Å². The number of para-hydroxylation sites is 2. The summed E-state index contributed by atoms with van der Waals surface area (Å²) in [6, 6.07) is 19.7. The van der Waals surface area contributed by atoms with Crippen LogP contribution in [0.15, 0.2) is 60.7 Å². The van der Waals surface area contributed by atoms with Crippen LogP contribution in [-0.2, 0) is 6.54 Å². The highest BCUT2D eigenvalue weighted by atomic mass is 16.5. The molecular formula is C27H32N2O4. The van der Waals surface area contributed by atoms with Gasteiger partial charge < -0.3 is 24.2 Å². The minimum atomic E-state index is 0.310.